The SMILES string of the molecule is CCNCCNc1cc(-c2ccc(C(F)(F)F)cc2)c(C#N)c2nc3ccccc3n12.Cl. The van der Waals surface area contributed by atoms with Crippen LogP contribution in [0, 0.1) is 11.3 Å². The Bertz CT molecular complexity index is 1270. The molecular formula is C23H21ClF3N5. The molecule has 2 aromatic carbocycles. The van der Waals surface area contributed by atoms with Crippen LogP contribution >= 0.6 is 12.4 Å². The highest BCUT2D eigenvalue weighted by atomic mass is 35.5. The molecule has 4 aromatic rings. The summed E-state index contributed by atoms with van der Waals surface area (Å²) in [7, 11) is 0. The minimum Gasteiger partial charge on any atom is -0.370 e. The number of nitrogens with zero attached hydrogens (tertiary/aromatic N) is 3. The Morgan fingerprint density at radius 2 is 1.78 bits per heavy atom. The maximum atomic E-state index is 13.0. The van der Waals surface area contributed by atoms with Crippen molar-refractivity contribution in [2.75, 3.05) is 25.0 Å². The number of likely N-dealkylation sites (N-methyl/N-ethyl adjacent to an activating group) is 1. The van der Waals surface area contributed by atoms with Crippen LogP contribution in [0.1, 0.15) is 18.1 Å². The van der Waals surface area contributed by atoms with Gasteiger partial charge in [0.1, 0.15) is 17.5 Å². The summed E-state index contributed by atoms with van der Waals surface area (Å²) in [5.41, 5.74) is 2.68. The molecule has 0 bridgehead atoms. The molecule has 32 heavy (non-hydrogen) atoms. The predicted molar refractivity (Wildman–Crippen MR) is 122 cm³/mol. The molecular weight excluding hydrogens is 439 g/mol. The molecule has 0 aliphatic carbocycles. The van der Waals surface area contributed by atoms with E-state index >= 15 is 0 Å². The zero-order valence-electron chi connectivity index (χ0n) is 17.2. The average Bonchev–Trinajstić information content (AvgIpc) is 3.15. The molecule has 0 aliphatic heterocycles. The molecule has 4 rings (SSSR count). The summed E-state index contributed by atoms with van der Waals surface area (Å²) in [6.45, 7) is 4.23. The normalized spacial score (nSPS) is 11.3. The summed E-state index contributed by atoms with van der Waals surface area (Å²) in [6.07, 6.45) is -4.42. The van der Waals surface area contributed by atoms with Crippen molar-refractivity contribution in [3.8, 4) is 17.2 Å². The molecule has 5 nitrogen and oxygen atoms in total. The molecule has 0 radical (unpaired) electrons. The number of benzene rings is 2. The number of anilines is 1. The standard InChI is InChI=1S/C23H20F3N5.ClH/c1-2-28-11-12-29-21-13-17(15-7-9-16(10-8-15)23(24,25)26)18(14-27)22-30-19-5-3-4-6-20(19)31(21)22;/h3-10,13,28-29H,2,11-12H2,1H3;1H. The number of fused-ring (bicyclic) bond motifs is 3. The van der Waals surface area contributed by atoms with Crippen molar-refractivity contribution in [2.45, 2.75) is 13.1 Å². The molecule has 0 atom stereocenters. The molecule has 0 saturated heterocycles. The lowest BCUT2D eigenvalue weighted by atomic mass is 10.00. The number of nitrogens with one attached hydrogen (secondary N) is 2. The Morgan fingerprint density at radius 3 is 2.44 bits per heavy atom. The van der Waals surface area contributed by atoms with Crippen molar-refractivity contribution in [1.29, 1.82) is 5.26 Å². The first-order valence-electron chi connectivity index (χ1n) is 9.90. The third-order valence-corrected chi connectivity index (χ3v) is 5.07. The second kappa shape index (κ2) is 9.47. The fourth-order valence-corrected chi connectivity index (χ4v) is 3.59. The van der Waals surface area contributed by atoms with Crippen LogP contribution in [0.2, 0.25) is 0 Å². The van der Waals surface area contributed by atoms with Gasteiger partial charge in [-0.25, -0.2) is 4.98 Å². The molecule has 2 aromatic heterocycles. The van der Waals surface area contributed by atoms with Crippen molar-refractivity contribution in [3.63, 3.8) is 0 Å². The third-order valence-electron chi connectivity index (χ3n) is 5.07. The number of hydrogen-bond donors (Lipinski definition) is 2. The van der Waals surface area contributed by atoms with Crippen LogP contribution in [0.3, 0.4) is 0 Å². The Balaban J connectivity index is 0.00000289. The van der Waals surface area contributed by atoms with E-state index in [-0.39, 0.29) is 12.4 Å². The molecule has 2 heterocycles. The summed E-state index contributed by atoms with van der Waals surface area (Å²) in [5, 5.41) is 16.5. The van der Waals surface area contributed by atoms with Crippen molar-refractivity contribution < 1.29 is 13.2 Å². The lowest BCUT2D eigenvalue weighted by molar-refractivity contribution is -0.137. The number of halogens is 4. The lowest BCUT2D eigenvalue weighted by Gasteiger charge is -2.15. The molecule has 0 spiro atoms. The Hall–Kier alpha value is -3.28. The predicted octanol–water partition coefficient (Wildman–Crippen LogP) is 5.49. The molecule has 0 saturated carbocycles. The van der Waals surface area contributed by atoms with E-state index in [1.165, 1.54) is 12.1 Å². The molecule has 0 amide bonds. The number of para-hydroxylation sites is 2. The maximum absolute atomic E-state index is 13.0. The van der Waals surface area contributed by atoms with E-state index in [0.29, 0.717) is 28.9 Å². The van der Waals surface area contributed by atoms with E-state index in [1.807, 2.05) is 35.6 Å². The number of imidazole rings is 1. The van der Waals surface area contributed by atoms with E-state index in [2.05, 4.69) is 21.7 Å². The number of rotatable bonds is 6. The van der Waals surface area contributed by atoms with Crippen molar-refractivity contribution in [2.24, 2.45) is 0 Å². The first-order chi connectivity index (χ1) is 14.9. The minimum absolute atomic E-state index is 0. The topological polar surface area (TPSA) is 65.1 Å². The van der Waals surface area contributed by atoms with Gasteiger partial charge in [-0.15, -0.1) is 12.4 Å². The van der Waals surface area contributed by atoms with Gasteiger partial charge in [0.05, 0.1) is 16.6 Å². The van der Waals surface area contributed by atoms with Gasteiger partial charge in [0, 0.05) is 18.7 Å². The van der Waals surface area contributed by atoms with Gasteiger partial charge in [0.25, 0.3) is 0 Å². The molecule has 0 aliphatic rings. The maximum Gasteiger partial charge on any atom is 0.416 e. The van der Waals surface area contributed by atoms with Gasteiger partial charge in [-0.2, -0.15) is 18.4 Å². The number of hydrogen-bond acceptors (Lipinski definition) is 4. The summed E-state index contributed by atoms with van der Waals surface area (Å²) >= 11 is 0. The largest absolute Gasteiger partial charge is 0.416 e. The van der Waals surface area contributed by atoms with Gasteiger partial charge in [-0.1, -0.05) is 31.2 Å². The van der Waals surface area contributed by atoms with Crippen molar-refractivity contribution in [3.05, 3.63) is 65.7 Å². The number of aromatic nitrogens is 2. The van der Waals surface area contributed by atoms with Gasteiger partial charge < -0.3 is 10.6 Å². The summed E-state index contributed by atoms with van der Waals surface area (Å²) < 4.78 is 40.8. The van der Waals surface area contributed by atoms with Crippen LogP contribution < -0.4 is 10.6 Å². The average molecular weight is 460 g/mol. The van der Waals surface area contributed by atoms with Crippen LogP contribution in [0.4, 0.5) is 19.0 Å². The number of nitriles is 1. The quantitative estimate of drug-likeness (QED) is 0.374. The summed E-state index contributed by atoms with van der Waals surface area (Å²) in [6, 6.07) is 16.4. The lowest BCUT2D eigenvalue weighted by Crippen LogP contribution is -2.22. The molecule has 9 heteroatoms. The highest BCUT2D eigenvalue weighted by Gasteiger charge is 2.30. The second-order valence-corrected chi connectivity index (χ2v) is 7.05. The molecule has 166 valence electrons. The Labute approximate surface area is 189 Å². The van der Waals surface area contributed by atoms with E-state index in [9.17, 15) is 18.4 Å². The van der Waals surface area contributed by atoms with Gasteiger partial charge in [-0.05, 0) is 42.4 Å². The monoisotopic (exact) mass is 459 g/mol. The number of pyridine rings is 1. The van der Waals surface area contributed by atoms with Gasteiger partial charge in [-0.3, -0.25) is 4.40 Å². The van der Waals surface area contributed by atoms with E-state index in [1.54, 1.807) is 6.07 Å². The summed E-state index contributed by atoms with van der Waals surface area (Å²) in [4.78, 5) is 4.64. The van der Waals surface area contributed by atoms with E-state index in [0.717, 1.165) is 42.1 Å². The zero-order valence-corrected chi connectivity index (χ0v) is 18.0. The van der Waals surface area contributed by atoms with Gasteiger partial charge in [0.2, 0.25) is 0 Å². The van der Waals surface area contributed by atoms with Crippen molar-refractivity contribution >= 4 is 34.9 Å². The fourth-order valence-electron chi connectivity index (χ4n) is 3.59. The first-order valence-corrected chi connectivity index (χ1v) is 9.90. The van der Waals surface area contributed by atoms with E-state index < -0.39 is 11.7 Å². The molecule has 0 fully saturated rings. The van der Waals surface area contributed by atoms with Crippen LogP contribution in [-0.4, -0.2) is 29.0 Å². The minimum atomic E-state index is -4.42. The van der Waals surface area contributed by atoms with E-state index in [4.69, 9.17) is 0 Å². The second-order valence-electron chi connectivity index (χ2n) is 7.05. The third kappa shape index (κ3) is 4.35. The smallest absolute Gasteiger partial charge is 0.370 e. The fraction of sp³-hybridized carbons (Fsp3) is 0.217. The summed E-state index contributed by atoms with van der Waals surface area (Å²) in [5.74, 6) is 0.718. The Kier molecular flexibility index (Phi) is 6.92. The highest BCUT2D eigenvalue weighted by Crippen LogP contribution is 2.35. The van der Waals surface area contributed by atoms with Crippen LogP contribution in [-0.2, 0) is 6.18 Å². The van der Waals surface area contributed by atoms with Gasteiger partial charge >= 0.3 is 6.18 Å². The van der Waals surface area contributed by atoms with Crippen LogP contribution in [0.5, 0.6) is 0 Å². The first kappa shape index (κ1) is 23.4. The number of alkyl halides is 3. The Morgan fingerprint density at radius 1 is 1.06 bits per heavy atom. The zero-order chi connectivity index (χ0) is 22.0. The highest BCUT2D eigenvalue weighted by molar-refractivity contribution is 5.89. The molecule has 0 unspecified atom stereocenters. The molecule has 2 N–H and O–H groups in total. The van der Waals surface area contributed by atoms with Crippen molar-refractivity contribution in [1.82, 2.24) is 14.7 Å². The van der Waals surface area contributed by atoms with Crippen LogP contribution in [0.15, 0.2) is 54.6 Å². The van der Waals surface area contributed by atoms with Gasteiger partial charge in [0.15, 0.2) is 5.65 Å². The van der Waals surface area contributed by atoms with Crippen LogP contribution in [0.25, 0.3) is 27.8 Å².